The van der Waals surface area contributed by atoms with Gasteiger partial charge in [-0.15, -0.1) is 0 Å². The van der Waals surface area contributed by atoms with Crippen LogP contribution in [0.25, 0.3) is 50.0 Å². The highest BCUT2D eigenvalue weighted by Crippen LogP contribution is 2.33. The van der Waals surface area contributed by atoms with E-state index in [1.165, 1.54) is 0 Å². The number of hydrogen-bond acceptors (Lipinski definition) is 3. The molecule has 4 heterocycles. The molecule has 0 fully saturated rings. The second-order valence-electron chi connectivity index (χ2n) is 7.43. The van der Waals surface area contributed by atoms with Crippen LogP contribution in [0.4, 0.5) is 5.82 Å². The molecule has 0 saturated heterocycles. The number of H-pyrrole nitrogens is 1. The molecule has 0 bridgehead atoms. The smallest absolute Gasteiger partial charge is 0.158 e. The minimum Gasteiger partial charge on any atom is -0.384 e. The maximum atomic E-state index is 6.36. The topological polar surface area (TPSA) is 76.9 Å². The number of nitrogens with one attached hydrogen (secondary N) is 1. The maximum Gasteiger partial charge on any atom is 0.158 e. The van der Waals surface area contributed by atoms with Crippen LogP contribution in [0.15, 0.2) is 67.0 Å². The van der Waals surface area contributed by atoms with Crippen LogP contribution < -0.4 is 5.73 Å². The largest absolute Gasteiger partial charge is 0.384 e. The van der Waals surface area contributed by atoms with E-state index < -0.39 is 0 Å². The summed E-state index contributed by atoms with van der Waals surface area (Å²) in [5.74, 6) is 0.532. The predicted octanol–water partition coefficient (Wildman–Crippen LogP) is 5.27. The van der Waals surface area contributed by atoms with Gasteiger partial charge in [0.05, 0.1) is 11.4 Å². The Morgan fingerprint density at radius 3 is 2.73 bits per heavy atom. The van der Waals surface area contributed by atoms with Crippen molar-refractivity contribution in [3.8, 4) is 22.5 Å². The summed E-state index contributed by atoms with van der Waals surface area (Å²) in [6.07, 6.45) is 4.02. The fourth-order valence-corrected chi connectivity index (χ4v) is 4.29. The zero-order chi connectivity index (χ0) is 20.4. The molecule has 6 rings (SSSR count). The van der Waals surface area contributed by atoms with Gasteiger partial charge in [-0.1, -0.05) is 29.8 Å². The summed E-state index contributed by atoms with van der Waals surface area (Å²) < 4.78 is 3.75. The van der Waals surface area contributed by atoms with Crippen LogP contribution in [0.2, 0.25) is 5.02 Å². The highest BCUT2D eigenvalue weighted by molar-refractivity contribution is 6.31. The average molecular weight is 413 g/mol. The zero-order valence-electron chi connectivity index (χ0n) is 16.1. The number of aryl methyl sites for hydroxylation is 1. The van der Waals surface area contributed by atoms with Gasteiger partial charge in [-0.3, -0.25) is 0 Å². The number of nitrogens with zero attached hydrogens (tertiary/aromatic N) is 4. The van der Waals surface area contributed by atoms with E-state index in [1.807, 2.05) is 61.8 Å². The van der Waals surface area contributed by atoms with Gasteiger partial charge >= 0.3 is 0 Å². The van der Waals surface area contributed by atoms with E-state index in [-0.39, 0.29) is 0 Å². The second kappa shape index (κ2) is 6.11. The highest BCUT2D eigenvalue weighted by Gasteiger charge is 2.16. The van der Waals surface area contributed by atoms with E-state index in [9.17, 15) is 0 Å². The minimum atomic E-state index is 0.532. The number of fused-ring (bicyclic) bond motifs is 3. The second-order valence-corrected chi connectivity index (χ2v) is 7.87. The number of aromatic amines is 1. The van der Waals surface area contributed by atoms with E-state index in [4.69, 9.17) is 27.4 Å². The van der Waals surface area contributed by atoms with Gasteiger partial charge < -0.3 is 15.3 Å². The van der Waals surface area contributed by atoms with Crippen molar-refractivity contribution in [2.45, 2.75) is 0 Å². The zero-order valence-corrected chi connectivity index (χ0v) is 16.9. The molecule has 7 heteroatoms. The van der Waals surface area contributed by atoms with Crippen LogP contribution in [-0.4, -0.2) is 24.1 Å². The fourth-order valence-electron chi connectivity index (χ4n) is 4.12. The number of rotatable bonds is 2. The van der Waals surface area contributed by atoms with Crippen LogP contribution in [0.1, 0.15) is 0 Å². The molecule has 6 nitrogen and oxygen atoms in total. The molecule has 0 aliphatic rings. The number of halogens is 1. The highest BCUT2D eigenvalue weighted by atomic mass is 35.5. The first kappa shape index (κ1) is 17.1. The molecule has 0 saturated carbocycles. The Labute approximate surface area is 176 Å². The third-order valence-electron chi connectivity index (χ3n) is 5.55. The van der Waals surface area contributed by atoms with Crippen molar-refractivity contribution in [3.63, 3.8) is 0 Å². The molecule has 0 spiro atoms. The third-order valence-corrected chi connectivity index (χ3v) is 5.78. The lowest BCUT2D eigenvalue weighted by atomic mass is 10.1. The molecule has 2 aromatic carbocycles. The summed E-state index contributed by atoms with van der Waals surface area (Å²) in [5.41, 5.74) is 12.8. The van der Waals surface area contributed by atoms with Gasteiger partial charge in [-0.05, 0) is 24.3 Å². The third kappa shape index (κ3) is 2.44. The van der Waals surface area contributed by atoms with E-state index in [2.05, 4.69) is 21.8 Å². The molecular weight excluding hydrogens is 396 g/mol. The van der Waals surface area contributed by atoms with Gasteiger partial charge in [0.15, 0.2) is 5.65 Å². The van der Waals surface area contributed by atoms with Gasteiger partial charge in [0, 0.05) is 69.5 Å². The molecule has 0 aliphatic heterocycles. The van der Waals surface area contributed by atoms with Gasteiger partial charge in [-0.2, -0.15) is 9.61 Å². The lowest BCUT2D eigenvalue weighted by molar-refractivity contribution is 0.951. The molecule has 0 amide bonds. The number of benzene rings is 2. The average Bonchev–Trinajstić information content (AvgIpc) is 3.43. The first-order valence-electron chi connectivity index (χ1n) is 9.56. The molecule has 3 N–H and O–H groups in total. The Morgan fingerprint density at radius 1 is 0.967 bits per heavy atom. The van der Waals surface area contributed by atoms with Gasteiger partial charge in [0.2, 0.25) is 0 Å². The Morgan fingerprint density at radius 2 is 1.83 bits per heavy atom. The molecule has 146 valence electrons. The SMILES string of the molecule is Cn1cc(-c2cc3nc(-c4c[nH]c5ccccc45)cc(N)n3n2)c2cc(Cl)ccc21. The molecule has 0 aliphatic carbocycles. The van der Waals surface area contributed by atoms with Crippen molar-refractivity contribution in [1.82, 2.24) is 24.1 Å². The van der Waals surface area contributed by atoms with Gasteiger partial charge in [0.1, 0.15) is 5.82 Å². The normalized spacial score (nSPS) is 11.8. The number of anilines is 1. The molecule has 4 aromatic heterocycles. The van der Waals surface area contributed by atoms with E-state index in [0.717, 1.165) is 44.3 Å². The lowest BCUT2D eigenvalue weighted by Gasteiger charge is -2.03. The number of nitrogens with two attached hydrogens (primary N) is 1. The molecule has 0 unspecified atom stereocenters. The number of nitrogen functional groups attached to an aromatic ring is 1. The van der Waals surface area contributed by atoms with Crippen molar-refractivity contribution < 1.29 is 0 Å². The van der Waals surface area contributed by atoms with Crippen molar-refractivity contribution >= 4 is 44.9 Å². The first-order valence-corrected chi connectivity index (χ1v) is 9.94. The summed E-state index contributed by atoms with van der Waals surface area (Å²) in [4.78, 5) is 8.14. The monoisotopic (exact) mass is 412 g/mol. The minimum absolute atomic E-state index is 0.532. The summed E-state index contributed by atoms with van der Waals surface area (Å²) in [5, 5.41) is 7.57. The summed E-state index contributed by atoms with van der Waals surface area (Å²) >= 11 is 6.25. The van der Waals surface area contributed by atoms with Crippen molar-refractivity contribution in [1.29, 1.82) is 0 Å². The van der Waals surface area contributed by atoms with Crippen LogP contribution in [0.3, 0.4) is 0 Å². The van der Waals surface area contributed by atoms with Crippen molar-refractivity contribution in [2.75, 3.05) is 5.73 Å². The Balaban J connectivity index is 1.56. The summed E-state index contributed by atoms with van der Waals surface area (Å²) in [6.45, 7) is 0. The molecule has 0 atom stereocenters. The summed E-state index contributed by atoms with van der Waals surface area (Å²) in [7, 11) is 2.01. The van der Waals surface area contributed by atoms with Crippen LogP contribution in [0, 0.1) is 0 Å². The molecule has 6 aromatic rings. The lowest BCUT2D eigenvalue weighted by Crippen LogP contribution is -2.01. The predicted molar refractivity (Wildman–Crippen MR) is 122 cm³/mol. The van der Waals surface area contributed by atoms with E-state index in [0.29, 0.717) is 16.5 Å². The van der Waals surface area contributed by atoms with Crippen LogP contribution in [-0.2, 0) is 7.05 Å². The fraction of sp³-hybridized carbons (Fsp3) is 0.0435. The Kier molecular flexibility index (Phi) is 3.49. The first-order chi connectivity index (χ1) is 14.6. The summed E-state index contributed by atoms with van der Waals surface area (Å²) in [6, 6.07) is 17.8. The Bertz CT molecular complexity index is 1590. The number of para-hydroxylation sites is 1. The number of aromatic nitrogens is 5. The standard InChI is InChI=1S/C23H17ClN6/c1-29-12-17(15-8-13(24)6-7-21(15)29)20-10-23-27-19(9-22(25)30(23)28-20)16-11-26-18-5-3-2-4-14(16)18/h2-12,26H,25H2,1H3. The van der Waals surface area contributed by atoms with Crippen molar-refractivity contribution in [2.24, 2.45) is 7.05 Å². The van der Waals surface area contributed by atoms with Crippen LogP contribution in [0.5, 0.6) is 0 Å². The molecule has 0 radical (unpaired) electrons. The molecular formula is C23H17ClN6. The number of hydrogen-bond donors (Lipinski definition) is 2. The quantitative estimate of drug-likeness (QED) is 0.406. The van der Waals surface area contributed by atoms with Gasteiger partial charge in [0.25, 0.3) is 0 Å². The maximum absolute atomic E-state index is 6.36. The molecule has 30 heavy (non-hydrogen) atoms. The van der Waals surface area contributed by atoms with E-state index >= 15 is 0 Å². The van der Waals surface area contributed by atoms with E-state index in [1.54, 1.807) is 4.52 Å². The van der Waals surface area contributed by atoms with Gasteiger partial charge in [-0.25, -0.2) is 4.98 Å². The van der Waals surface area contributed by atoms with Crippen molar-refractivity contribution in [3.05, 3.63) is 72.0 Å². The van der Waals surface area contributed by atoms with Crippen LogP contribution >= 0.6 is 11.6 Å². The Hall–Kier alpha value is -3.77.